The van der Waals surface area contributed by atoms with Crippen LogP contribution in [-0.2, 0) is 37.0 Å². The highest BCUT2D eigenvalue weighted by Gasteiger charge is 2.31. The van der Waals surface area contributed by atoms with E-state index in [0.29, 0.717) is 36.1 Å². The van der Waals surface area contributed by atoms with E-state index in [4.69, 9.17) is 4.74 Å². The fourth-order valence-electron chi connectivity index (χ4n) is 5.15. The summed E-state index contributed by atoms with van der Waals surface area (Å²) in [6, 6.07) is 22.8. The van der Waals surface area contributed by atoms with Crippen LogP contribution in [0.1, 0.15) is 34.2 Å². The molecule has 1 saturated heterocycles. The largest absolute Gasteiger partial charge is 0.489 e. The average molecular weight is 574 g/mol. The van der Waals surface area contributed by atoms with Gasteiger partial charge in [0.25, 0.3) is 0 Å². The highest BCUT2D eigenvalue weighted by atomic mass is 19.4. The number of carbonyl (C=O) groups excluding carboxylic acids is 1. The summed E-state index contributed by atoms with van der Waals surface area (Å²) in [6.45, 7) is 4.59. The molecule has 0 unspecified atom stereocenters. The molecule has 1 N–H and O–H groups in total. The van der Waals surface area contributed by atoms with E-state index in [2.05, 4.69) is 21.3 Å². The summed E-state index contributed by atoms with van der Waals surface area (Å²) in [5.74, 6) is 0.651. The molecule has 0 spiro atoms. The molecular formula is C34H34F3N3O2. The third-order valence-electron chi connectivity index (χ3n) is 7.42. The number of halogens is 3. The van der Waals surface area contributed by atoms with Crippen molar-refractivity contribution in [3.63, 3.8) is 0 Å². The predicted molar refractivity (Wildman–Crippen MR) is 157 cm³/mol. The van der Waals surface area contributed by atoms with Crippen LogP contribution < -0.4 is 10.1 Å². The summed E-state index contributed by atoms with van der Waals surface area (Å²) in [6.07, 6.45) is 0.394. The number of ketones is 1. The van der Waals surface area contributed by atoms with Crippen LogP contribution in [0.5, 0.6) is 5.75 Å². The van der Waals surface area contributed by atoms with Crippen molar-refractivity contribution in [1.29, 1.82) is 0 Å². The van der Waals surface area contributed by atoms with Crippen LogP contribution in [-0.4, -0.2) is 41.8 Å². The molecule has 1 aliphatic heterocycles. The quantitative estimate of drug-likeness (QED) is 0.222. The number of Topliss-reactive ketones (excluding diaryl/α,β-unsaturated/α-hetero) is 1. The van der Waals surface area contributed by atoms with E-state index in [1.165, 1.54) is 12.1 Å². The molecule has 42 heavy (non-hydrogen) atoms. The monoisotopic (exact) mass is 573 g/mol. The first-order valence-corrected chi connectivity index (χ1v) is 14.2. The molecule has 4 aromatic rings. The predicted octanol–water partition coefficient (Wildman–Crippen LogP) is 6.50. The number of nitrogens with one attached hydrogen (secondary N) is 1. The van der Waals surface area contributed by atoms with Crippen LogP contribution in [0.3, 0.4) is 0 Å². The van der Waals surface area contributed by atoms with Crippen LogP contribution in [0.25, 0.3) is 11.1 Å². The first-order chi connectivity index (χ1) is 20.3. The second-order valence-electron chi connectivity index (χ2n) is 10.6. The highest BCUT2D eigenvalue weighted by Crippen LogP contribution is 2.34. The number of rotatable bonds is 11. The fraction of sp³-hybridized carbons (Fsp3) is 0.294. The summed E-state index contributed by atoms with van der Waals surface area (Å²) < 4.78 is 46.8. The second-order valence-corrected chi connectivity index (χ2v) is 10.6. The molecule has 1 fully saturated rings. The summed E-state index contributed by atoms with van der Waals surface area (Å²) in [5, 5.41) is 3.35. The van der Waals surface area contributed by atoms with E-state index in [9.17, 15) is 18.0 Å². The Bertz CT molecular complexity index is 1470. The molecule has 8 heteroatoms. The molecule has 1 aliphatic rings. The Morgan fingerprint density at radius 2 is 1.69 bits per heavy atom. The number of piperazine rings is 1. The number of carbonyl (C=O) groups is 1. The van der Waals surface area contributed by atoms with Gasteiger partial charge < -0.3 is 10.1 Å². The maximum Gasteiger partial charge on any atom is 0.416 e. The normalized spacial score (nSPS) is 14.1. The lowest BCUT2D eigenvalue weighted by molar-refractivity contribution is -0.137. The van der Waals surface area contributed by atoms with E-state index >= 15 is 0 Å². The fourth-order valence-corrected chi connectivity index (χ4v) is 5.15. The minimum Gasteiger partial charge on any atom is -0.489 e. The molecule has 0 amide bonds. The van der Waals surface area contributed by atoms with Gasteiger partial charge >= 0.3 is 6.18 Å². The van der Waals surface area contributed by atoms with Gasteiger partial charge in [0.1, 0.15) is 18.1 Å². The van der Waals surface area contributed by atoms with Crippen molar-refractivity contribution in [2.24, 2.45) is 0 Å². The lowest BCUT2D eigenvalue weighted by Gasteiger charge is -2.27. The van der Waals surface area contributed by atoms with Crippen molar-refractivity contribution in [3.05, 3.63) is 119 Å². The number of ether oxygens (including phenoxy) is 1. The van der Waals surface area contributed by atoms with Gasteiger partial charge in [0.15, 0.2) is 0 Å². The first-order valence-electron chi connectivity index (χ1n) is 14.2. The van der Waals surface area contributed by atoms with Gasteiger partial charge in [0, 0.05) is 58.0 Å². The molecular weight excluding hydrogens is 539 g/mol. The number of benzene rings is 3. The third kappa shape index (κ3) is 8.27. The van der Waals surface area contributed by atoms with Crippen molar-refractivity contribution in [2.75, 3.05) is 26.2 Å². The van der Waals surface area contributed by atoms with Gasteiger partial charge in [-0.1, -0.05) is 42.5 Å². The maximum absolute atomic E-state index is 13.6. The Hall–Kier alpha value is -4.01. The Morgan fingerprint density at radius 1 is 0.905 bits per heavy atom. The van der Waals surface area contributed by atoms with Gasteiger partial charge in [-0.25, -0.2) is 0 Å². The van der Waals surface area contributed by atoms with E-state index < -0.39 is 11.7 Å². The number of alkyl halides is 3. The van der Waals surface area contributed by atoms with Crippen molar-refractivity contribution >= 4 is 5.78 Å². The number of nitrogens with zero attached hydrogens (tertiary/aromatic N) is 2. The Morgan fingerprint density at radius 3 is 2.43 bits per heavy atom. The maximum atomic E-state index is 13.6. The number of pyridine rings is 1. The standard InChI is InChI=1S/C34H34F3N3O2/c35-34(36,37)30-9-13-33(28-5-1-3-27(19-28)23-40-17-15-38-16-18-40)29(21-30)24-42-32-11-7-25(8-12-32)20-31(41)10-6-26-4-2-14-39-22-26/h1-5,7-9,11-14,19,21-22,38H,6,10,15-18,20,23-24H2. The van der Waals surface area contributed by atoms with Crippen molar-refractivity contribution in [1.82, 2.24) is 15.2 Å². The van der Waals surface area contributed by atoms with Gasteiger partial charge in [-0.2, -0.15) is 13.2 Å². The summed E-state index contributed by atoms with van der Waals surface area (Å²) in [5.41, 5.74) is 4.32. The van der Waals surface area contributed by atoms with Gasteiger partial charge in [-0.15, -0.1) is 0 Å². The molecule has 0 saturated carbocycles. The lowest BCUT2D eigenvalue weighted by atomic mass is 9.96. The highest BCUT2D eigenvalue weighted by molar-refractivity contribution is 5.81. The van der Waals surface area contributed by atoms with Crippen LogP contribution >= 0.6 is 0 Å². The Kier molecular flexibility index (Phi) is 9.66. The van der Waals surface area contributed by atoms with Crippen molar-refractivity contribution < 1.29 is 22.7 Å². The van der Waals surface area contributed by atoms with Gasteiger partial charge in [0.05, 0.1) is 5.56 Å². The van der Waals surface area contributed by atoms with Gasteiger partial charge in [-0.3, -0.25) is 14.7 Å². The van der Waals surface area contributed by atoms with E-state index in [0.717, 1.165) is 61.0 Å². The average Bonchev–Trinajstić information content (AvgIpc) is 3.00. The van der Waals surface area contributed by atoms with Gasteiger partial charge in [0.2, 0.25) is 0 Å². The lowest BCUT2D eigenvalue weighted by Crippen LogP contribution is -2.42. The van der Waals surface area contributed by atoms with Crippen LogP contribution in [0.15, 0.2) is 91.3 Å². The van der Waals surface area contributed by atoms with E-state index in [1.807, 2.05) is 42.5 Å². The zero-order valence-electron chi connectivity index (χ0n) is 23.4. The van der Waals surface area contributed by atoms with E-state index in [1.54, 1.807) is 24.5 Å². The number of hydrogen-bond acceptors (Lipinski definition) is 5. The molecule has 1 aromatic heterocycles. The minimum absolute atomic E-state index is 0.0232. The molecule has 3 aromatic carbocycles. The third-order valence-corrected chi connectivity index (χ3v) is 7.42. The molecule has 0 atom stereocenters. The molecule has 0 bridgehead atoms. The number of aryl methyl sites for hydroxylation is 1. The zero-order valence-corrected chi connectivity index (χ0v) is 23.4. The summed E-state index contributed by atoms with van der Waals surface area (Å²) in [7, 11) is 0. The van der Waals surface area contributed by atoms with Crippen LogP contribution in [0.2, 0.25) is 0 Å². The van der Waals surface area contributed by atoms with Gasteiger partial charge in [-0.05, 0) is 76.2 Å². The topological polar surface area (TPSA) is 54.5 Å². The van der Waals surface area contributed by atoms with Crippen molar-refractivity contribution in [2.45, 2.75) is 38.6 Å². The summed E-state index contributed by atoms with van der Waals surface area (Å²) in [4.78, 5) is 18.9. The van der Waals surface area contributed by atoms with Crippen LogP contribution in [0.4, 0.5) is 13.2 Å². The molecule has 5 rings (SSSR count). The Labute approximate surface area is 244 Å². The molecule has 0 radical (unpaired) electrons. The molecule has 5 nitrogen and oxygen atoms in total. The number of aromatic nitrogens is 1. The molecule has 2 heterocycles. The van der Waals surface area contributed by atoms with Crippen LogP contribution in [0, 0.1) is 0 Å². The number of hydrogen-bond donors (Lipinski definition) is 1. The summed E-state index contributed by atoms with van der Waals surface area (Å²) >= 11 is 0. The zero-order chi connectivity index (χ0) is 29.4. The van der Waals surface area contributed by atoms with E-state index in [-0.39, 0.29) is 12.4 Å². The SMILES string of the molecule is O=C(CCc1cccnc1)Cc1ccc(OCc2cc(C(F)(F)F)ccc2-c2cccc(CN3CCNCC3)c2)cc1. The first kappa shape index (κ1) is 29.5. The second kappa shape index (κ2) is 13.8. The smallest absolute Gasteiger partial charge is 0.416 e. The molecule has 0 aliphatic carbocycles. The molecule has 218 valence electrons. The Balaban J connectivity index is 1.26. The minimum atomic E-state index is -4.46. The van der Waals surface area contributed by atoms with Crippen molar-refractivity contribution in [3.8, 4) is 16.9 Å².